The fourth-order valence-electron chi connectivity index (χ4n) is 2.27. The first-order chi connectivity index (χ1) is 8.66. The van der Waals surface area contributed by atoms with Gasteiger partial charge in [-0.1, -0.05) is 26.0 Å². The van der Waals surface area contributed by atoms with E-state index in [0.717, 1.165) is 31.6 Å². The summed E-state index contributed by atoms with van der Waals surface area (Å²) in [7, 11) is 0. The standard InChI is InChI=1S/C15H22N2O/c1-11(2)12-5-7-14(8-6-12)17-15(18)13-4-3-9-16-10-13/h5-8,11,13,16H,3-4,9-10H2,1-2H3,(H,17,18)/t13-/m0/s1. The zero-order valence-electron chi connectivity index (χ0n) is 11.2. The smallest absolute Gasteiger partial charge is 0.228 e. The van der Waals surface area contributed by atoms with Gasteiger partial charge in [0.1, 0.15) is 0 Å². The lowest BCUT2D eigenvalue weighted by Crippen LogP contribution is -2.37. The zero-order chi connectivity index (χ0) is 13.0. The van der Waals surface area contributed by atoms with E-state index < -0.39 is 0 Å². The third kappa shape index (κ3) is 3.33. The van der Waals surface area contributed by atoms with Crippen LogP contribution in [0.15, 0.2) is 24.3 Å². The molecule has 0 aromatic heterocycles. The van der Waals surface area contributed by atoms with Crippen molar-refractivity contribution in [2.75, 3.05) is 18.4 Å². The molecule has 1 amide bonds. The molecule has 0 unspecified atom stereocenters. The highest BCUT2D eigenvalue weighted by Gasteiger charge is 2.20. The number of carbonyl (C=O) groups is 1. The van der Waals surface area contributed by atoms with Crippen molar-refractivity contribution in [3.63, 3.8) is 0 Å². The number of rotatable bonds is 3. The summed E-state index contributed by atoms with van der Waals surface area (Å²) < 4.78 is 0. The van der Waals surface area contributed by atoms with Crippen molar-refractivity contribution in [2.24, 2.45) is 5.92 Å². The van der Waals surface area contributed by atoms with Gasteiger partial charge in [0.15, 0.2) is 0 Å². The van der Waals surface area contributed by atoms with Gasteiger partial charge in [0, 0.05) is 12.2 Å². The van der Waals surface area contributed by atoms with Gasteiger partial charge in [0.25, 0.3) is 0 Å². The van der Waals surface area contributed by atoms with Crippen molar-refractivity contribution in [1.82, 2.24) is 5.32 Å². The molecule has 1 aromatic rings. The van der Waals surface area contributed by atoms with Crippen molar-refractivity contribution < 1.29 is 4.79 Å². The maximum atomic E-state index is 12.0. The highest BCUT2D eigenvalue weighted by molar-refractivity contribution is 5.92. The molecular weight excluding hydrogens is 224 g/mol. The van der Waals surface area contributed by atoms with E-state index in [1.807, 2.05) is 12.1 Å². The van der Waals surface area contributed by atoms with Crippen LogP contribution in [0.3, 0.4) is 0 Å². The molecule has 1 aliphatic heterocycles. The molecule has 1 fully saturated rings. The first-order valence-electron chi connectivity index (χ1n) is 6.78. The highest BCUT2D eigenvalue weighted by atomic mass is 16.1. The molecule has 18 heavy (non-hydrogen) atoms. The molecule has 3 heteroatoms. The van der Waals surface area contributed by atoms with Crippen LogP contribution in [0.25, 0.3) is 0 Å². The van der Waals surface area contributed by atoms with Gasteiger partial charge in [-0.3, -0.25) is 4.79 Å². The number of benzene rings is 1. The lowest BCUT2D eigenvalue weighted by atomic mass is 9.98. The maximum absolute atomic E-state index is 12.0. The predicted molar refractivity (Wildman–Crippen MR) is 74.8 cm³/mol. The largest absolute Gasteiger partial charge is 0.326 e. The Morgan fingerprint density at radius 3 is 2.61 bits per heavy atom. The van der Waals surface area contributed by atoms with Crippen LogP contribution in [-0.2, 0) is 4.79 Å². The van der Waals surface area contributed by atoms with Gasteiger partial charge in [0.2, 0.25) is 5.91 Å². The van der Waals surface area contributed by atoms with Crippen molar-refractivity contribution in [3.05, 3.63) is 29.8 Å². The molecule has 1 heterocycles. The minimum atomic E-state index is 0.114. The molecule has 2 N–H and O–H groups in total. The molecule has 2 rings (SSSR count). The second-order valence-corrected chi connectivity index (χ2v) is 5.31. The third-order valence-corrected chi connectivity index (χ3v) is 3.51. The van der Waals surface area contributed by atoms with Gasteiger partial charge < -0.3 is 10.6 Å². The molecule has 0 spiro atoms. The summed E-state index contributed by atoms with van der Waals surface area (Å²) in [6.45, 7) is 6.17. The predicted octanol–water partition coefficient (Wildman–Crippen LogP) is 2.75. The number of hydrogen-bond donors (Lipinski definition) is 2. The van der Waals surface area contributed by atoms with Gasteiger partial charge in [-0.05, 0) is 43.0 Å². The van der Waals surface area contributed by atoms with E-state index in [9.17, 15) is 4.79 Å². The second-order valence-electron chi connectivity index (χ2n) is 5.31. The van der Waals surface area contributed by atoms with Gasteiger partial charge in [-0.15, -0.1) is 0 Å². The summed E-state index contributed by atoms with van der Waals surface area (Å²) in [6, 6.07) is 8.14. The van der Waals surface area contributed by atoms with Gasteiger partial charge in [-0.25, -0.2) is 0 Å². The first-order valence-corrected chi connectivity index (χ1v) is 6.78. The molecule has 0 radical (unpaired) electrons. The maximum Gasteiger partial charge on any atom is 0.228 e. The molecule has 0 aliphatic carbocycles. The van der Waals surface area contributed by atoms with Crippen LogP contribution in [-0.4, -0.2) is 19.0 Å². The average molecular weight is 246 g/mol. The van der Waals surface area contributed by atoms with E-state index in [0.29, 0.717) is 5.92 Å². The van der Waals surface area contributed by atoms with Crippen LogP contribution in [0.4, 0.5) is 5.69 Å². The Bertz CT molecular complexity index is 391. The zero-order valence-corrected chi connectivity index (χ0v) is 11.2. The van der Waals surface area contributed by atoms with Crippen molar-refractivity contribution in [2.45, 2.75) is 32.6 Å². The van der Waals surface area contributed by atoms with Crippen LogP contribution in [0.2, 0.25) is 0 Å². The number of carbonyl (C=O) groups excluding carboxylic acids is 1. The Morgan fingerprint density at radius 2 is 2.06 bits per heavy atom. The Kier molecular flexibility index (Phi) is 4.37. The molecule has 0 bridgehead atoms. The van der Waals surface area contributed by atoms with Gasteiger partial charge in [0.05, 0.1) is 5.92 Å². The number of hydrogen-bond acceptors (Lipinski definition) is 2. The Labute approximate surface area is 109 Å². The summed E-state index contributed by atoms with van der Waals surface area (Å²) in [5.74, 6) is 0.778. The number of amides is 1. The van der Waals surface area contributed by atoms with E-state index in [2.05, 4.69) is 36.6 Å². The minimum absolute atomic E-state index is 0.114. The molecule has 98 valence electrons. The van der Waals surface area contributed by atoms with Crippen molar-refractivity contribution in [1.29, 1.82) is 0 Å². The van der Waals surface area contributed by atoms with Gasteiger partial charge >= 0.3 is 0 Å². The minimum Gasteiger partial charge on any atom is -0.326 e. The highest BCUT2D eigenvalue weighted by Crippen LogP contribution is 2.18. The van der Waals surface area contributed by atoms with E-state index >= 15 is 0 Å². The summed E-state index contributed by atoms with van der Waals surface area (Å²) in [5.41, 5.74) is 2.20. The summed E-state index contributed by atoms with van der Waals surface area (Å²) >= 11 is 0. The topological polar surface area (TPSA) is 41.1 Å². The van der Waals surface area contributed by atoms with Crippen LogP contribution in [0.5, 0.6) is 0 Å². The number of nitrogens with one attached hydrogen (secondary N) is 2. The van der Waals surface area contributed by atoms with Crippen LogP contribution < -0.4 is 10.6 Å². The summed E-state index contributed by atoms with van der Waals surface area (Å²) in [6.07, 6.45) is 2.08. The van der Waals surface area contributed by atoms with E-state index in [1.54, 1.807) is 0 Å². The lowest BCUT2D eigenvalue weighted by molar-refractivity contribution is -0.120. The average Bonchev–Trinajstić information content (AvgIpc) is 2.40. The molecule has 1 atom stereocenters. The van der Waals surface area contributed by atoms with Crippen molar-refractivity contribution in [3.8, 4) is 0 Å². The normalized spacial score (nSPS) is 19.8. The molecule has 3 nitrogen and oxygen atoms in total. The fourth-order valence-corrected chi connectivity index (χ4v) is 2.27. The van der Waals surface area contributed by atoms with Crippen LogP contribution >= 0.6 is 0 Å². The monoisotopic (exact) mass is 246 g/mol. The number of piperidine rings is 1. The number of anilines is 1. The van der Waals surface area contributed by atoms with E-state index in [-0.39, 0.29) is 11.8 Å². The molecule has 1 saturated heterocycles. The molecule has 1 aromatic carbocycles. The first kappa shape index (κ1) is 13.1. The van der Waals surface area contributed by atoms with E-state index in [4.69, 9.17) is 0 Å². The van der Waals surface area contributed by atoms with Crippen LogP contribution in [0, 0.1) is 5.92 Å². The summed E-state index contributed by atoms with van der Waals surface area (Å²) in [5, 5.41) is 6.26. The quantitative estimate of drug-likeness (QED) is 0.861. The van der Waals surface area contributed by atoms with E-state index in [1.165, 1.54) is 5.56 Å². The third-order valence-electron chi connectivity index (χ3n) is 3.51. The molecule has 0 saturated carbocycles. The lowest BCUT2D eigenvalue weighted by Gasteiger charge is -2.22. The molecular formula is C15H22N2O. The summed E-state index contributed by atoms with van der Waals surface area (Å²) in [4.78, 5) is 12.0. The van der Waals surface area contributed by atoms with Crippen LogP contribution in [0.1, 0.15) is 38.2 Å². The fraction of sp³-hybridized carbons (Fsp3) is 0.533. The SMILES string of the molecule is CC(C)c1ccc(NC(=O)[C@H]2CCCNC2)cc1. The Balaban J connectivity index is 1.94. The Morgan fingerprint density at radius 1 is 1.33 bits per heavy atom. The Hall–Kier alpha value is -1.35. The molecule has 1 aliphatic rings. The van der Waals surface area contributed by atoms with Gasteiger partial charge in [-0.2, -0.15) is 0 Å². The van der Waals surface area contributed by atoms with Crippen molar-refractivity contribution >= 4 is 11.6 Å². The second kappa shape index (κ2) is 6.01.